The van der Waals surface area contributed by atoms with Crippen molar-refractivity contribution in [2.24, 2.45) is 0 Å². The summed E-state index contributed by atoms with van der Waals surface area (Å²) >= 11 is 0. The highest BCUT2D eigenvalue weighted by Crippen LogP contribution is 2.36. The van der Waals surface area contributed by atoms with Crippen LogP contribution in [0.1, 0.15) is 17.9 Å². The molecule has 138 valence electrons. The monoisotopic (exact) mass is 356 g/mol. The zero-order valence-electron chi connectivity index (χ0n) is 15.1. The summed E-state index contributed by atoms with van der Waals surface area (Å²) < 4.78 is 16.1. The quantitative estimate of drug-likeness (QED) is 0.610. The third-order valence-corrected chi connectivity index (χ3v) is 4.51. The molecule has 3 rings (SSSR count). The Labute approximate surface area is 153 Å². The fourth-order valence-corrected chi connectivity index (χ4v) is 3.17. The topological polar surface area (TPSA) is 74.0 Å². The summed E-state index contributed by atoms with van der Waals surface area (Å²) in [5.41, 5.74) is 8.39. The number of anilines is 2. The van der Waals surface area contributed by atoms with Crippen LogP contribution >= 0.6 is 0 Å². The second-order valence-electron chi connectivity index (χ2n) is 6.25. The van der Waals surface area contributed by atoms with Gasteiger partial charge in [0.05, 0.1) is 13.7 Å². The van der Waals surface area contributed by atoms with Crippen molar-refractivity contribution in [1.29, 1.82) is 0 Å². The molecule has 0 aliphatic carbocycles. The SMILES string of the molecule is COCCOc1cc([C@H]2CC(=O)N(c3cccc(N)c3)C2)ccc1OC. The number of hydrogen-bond acceptors (Lipinski definition) is 5. The maximum absolute atomic E-state index is 12.5. The van der Waals surface area contributed by atoms with Gasteiger partial charge in [0.25, 0.3) is 0 Å². The number of carbonyl (C=O) groups excluding carboxylic acids is 1. The van der Waals surface area contributed by atoms with E-state index < -0.39 is 0 Å². The molecule has 0 bridgehead atoms. The van der Waals surface area contributed by atoms with Crippen LogP contribution in [0.5, 0.6) is 11.5 Å². The third kappa shape index (κ3) is 3.91. The highest BCUT2D eigenvalue weighted by Gasteiger charge is 2.32. The van der Waals surface area contributed by atoms with Gasteiger partial charge in [0.2, 0.25) is 5.91 Å². The molecule has 1 heterocycles. The fraction of sp³-hybridized carbons (Fsp3) is 0.350. The lowest BCUT2D eigenvalue weighted by atomic mass is 9.98. The molecular formula is C20H24N2O4. The number of ether oxygens (including phenoxy) is 3. The first-order valence-corrected chi connectivity index (χ1v) is 8.58. The Bertz CT molecular complexity index is 778. The molecule has 0 aromatic heterocycles. The van der Waals surface area contributed by atoms with E-state index in [1.807, 2.05) is 42.5 Å². The van der Waals surface area contributed by atoms with Crippen LogP contribution in [0, 0.1) is 0 Å². The molecule has 0 saturated carbocycles. The molecule has 0 unspecified atom stereocenters. The van der Waals surface area contributed by atoms with Crippen molar-refractivity contribution in [2.75, 3.05) is 44.6 Å². The largest absolute Gasteiger partial charge is 0.493 e. The van der Waals surface area contributed by atoms with Crippen LogP contribution < -0.4 is 20.1 Å². The zero-order valence-corrected chi connectivity index (χ0v) is 15.1. The van der Waals surface area contributed by atoms with Crippen LogP contribution in [0.15, 0.2) is 42.5 Å². The second-order valence-corrected chi connectivity index (χ2v) is 6.25. The molecule has 1 fully saturated rings. The smallest absolute Gasteiger partial charge is 0.227 e. The van der Waals surface area contributed by atoms with Crippen molar-refractivity contribution in [2.45, 2.75) is 12.3 Å². The van der Waals surface area contributed by atoms with Crippen molar-refractivity contribution < 1.29 is 19.0 Å². The Morgan fingerprint density at radius 1 is 1.12 bits per heavy atom. The minimum atomic E-state index is 0.0956. The summed E-state index contributed by atoms with van der Waals surface area (Å²) in [5.74, 6) is 1.52. The number of nitrogen functional groups attached to an aromatic ring is 1. The number of amides is 1. The molecule has 0 spiro atoms. The summed E-state index contributed by atoms with van der Waals surface area (Å²) in [4.78, 5) is 14.3. The number of benzene rings is 2. The lowest BCUT2D eigenvalue weighted by Crippen LogP contribution is -2.24. The molecule has 6 heteroatoms. The van der Waals surface area contributed by atoms with E-state index in [0.29, 0.717) is 43.4 Å². The lowest BCUT2D eigenvalue weighted by molar-refractivity contribution is -0.117. The minimum Gasteiger partial charge on any atom is -0.493 e. The summed E-state index contributed by atoms with van der Waals surface area (Å²) in [6, 6.07) is 13.2. The first kappa shape index (κ1) is 18.1. The fourth-order valence-electron chi connectivity index (χ4n) is 3.17. The summed E-state index contributed by atoms with van der Waals surface area (Å²) in [7, 11) is 3.24. The summed E-state index contributed by atoms with van der Waals surface area (Å²) in [6.07, 6.45) is 0.457. The molecule has 26 heavy (non-hydrogen) atoms. The zero-order chi connectivity index (χ0) is 18.5. The number of rotatable bonds is 7. The van der Waals surface area contributed by atoms with E-state index in [2.05, 4.69) is 0 Å². The molecular weight excluding hydrogens is 332 g/mol. The van der Waals surface area contributed by atoms with Gasteiger partial charge < -0.3 is 24.8 Å². The van der Waals surface area contributed by atoms with Gasteiger partial charge in [-0.05, 0) is 35.9 Å². The van der Waals surface area contributed by atoms with Crippen LogP contribution in [-0.4, -0.2) is 39.9 Å². The van der Waals surface area contributed by atoms with Crippen LogP contribution in [-0.2, 0) is 9.53 Å². The molecule has 2 aromatic rings. The van der Waals surface area contributed by atoms with Crippen LogP contribution in [0.3, 0.4) is 0 Å². The Hall–Kier alpha value is -2.73. The summed E-state index contributed by atoms with van der Waals surface area (Å²) in [5, 5.41) is 0. The van der Waals surface area contributed by atoms with Crippen LogP contribution in [0.25, 0.3) is 0 Å². The van der Waals surface area contributed by atoms with E-state index in [0.717, 1.165) is 11.3 Å². The molecule has 1 aliphatic rings. The Morgan fingerprint density at radius 3 is 2.69 bits per heavy atom. The van der Waals surface area contributed by atoms with E-state index in [9.17, 15) is 4.79 Å². The summed E-state index contributed by atoms with van der Waals surface area (Å²) in [6.45, 7) is 1.56. The first-order chi connectivity index (χ1) is 12.6. The van der Waals surface area contributed by atoms with Crippen LogP contribution in [0.4, 0.5) is 11.4 Å². The van der Waals surface area contributed by atoms with Crippen molar-refractivity contribution in [3.05, 3.63) is 48.0 Å². The van der Waals surface area contributed by atoms with E-state index in [1.54, 1.807) is 19.1 Å². The molecule has 1 amide bonds. The van der Waals surface area contributed by atoms with Crippen molar-refractivity contribution in [3.8, 4) is 11.5 Å². The molecule has 6 nitrogen and oxygen atoms in total. The maximum atomic E-state index is 12.5. The third-order valence-electron chi connectivity index (χ3n) is 4.51. The molecule has 1 atom stereocenters. The van der Waals surface area contributed by atoms with E-state index in [1.165, 1.54) is 0 Å². The van der Waals surface area contributed by atoms with E-state index in [4.69, 9.17) is 19.9 Å². The average Bonchev–Trinajstić information content (AvgIpc) is 3.03. The highest BCUT2D eigenvalue weighted by atomic mass is 16.5. The van der Waals surface area contributed by atoms with Gasteiger partial charge >= 0.3 is 0 Å². The Balaban J connectivity index is 1.79. The highest BCUT2D eigenvalue weighted by molar-refractivity contribution is 5.96. The van der Waals surface area contributed by atoms with Gasteiger partial charge in [-0.1, -0.05) is 12.1 Å². The van der Waals surface area contributed by atoms with Crippen molar-refractivity contribution >= 4 is 17.3 Å². The average molecular weight is 356 g/mol. The Kier molecular flexibility index (Phi) is 5.63. The van der Waals surface area contributed by atoms with Gasteiger partial charge in [0, 0.05) is 37.4 Å². The van der Waals surface area contributed by atoms with Gasteiger partial charge in [-0.15, -0.1) is 0 Å². The molecule has 2 N–H and O–H groups in total. The normalized spacial score (nSPS) is 16.8. The van der Waals surface area contributed by atoms with Gasteiger partial charge in [0.1, 0.15) is 6.61 Å². The number of nitrogens with zero attached hydrogens (tertiary/aromatic N) is 1. The first-order valence-electron chi connectivity index (χ1n) is 8.58. The standard InChI is InChI=1S/C20H24N2O4/c1-24-8-9-26-19-10-14(6-7-18(19)25-2)15-11-20(23)22(13-15)17-5-3-4-16(21)12-17/h3-7,10,12,15H,8-9,11,13,21H2,1-2H3/t15-/m0/s1. The van der Waals surface area contributed by atoms with E-state index in [-0.39, 0.29) is 11.8 Å². The van der Waals surface area contributed by atoms with Gasteiger partial charge in [-0.2, -0.15) is 0 Å². The van der Waals surface area contributed by atoms with Crippen LogP contribution in [0.2, 0.25) is 0 Å². The second kappa shape index (κ2) is 8.10. The van der Waals surface area contributed by atoms with Crippen molar-refractivity contribution in [3.63, 3.8) is 0 Å². The molecule has 0 radical (unpaired) electrons. The van der Waals surface area contributed by atoms with Gasteiger partial charge in [0.15, 0.2) is 11.5 Å². The predicted octanol–water partition coefficient (Wildman–Crippen LogP) is 2.82. The van der Waals surface area contributed by atoms with Gasteiger partial charge in [-0.25, -0.2) is 0 Å². The Morgan fingerprint density at radius 2 is 1.96 bits per heavy atom. The van der Waals surface area contributed by atoms with Crippen molar-refractivity contribution in [1.82, 2.24) is 0 Å². The minimum absolute atomic E-state index is 0.0956. The maximum Gasteiger partial charge on any atom is 0.227 e. The molecule has 2 aromatic carbocycles. The molecule has 1 aliphatic heterocycles. The lowest BCUT2D eigenvalue weighted by Gasteiger charge is -2.18. The predicted molar refractivity (Wildman–Crippen MR) is 101 cm³/mol. The van der Waals surface area contributed by atoms with Gasteiger partial charge in [-0.3, -0.25) is 4.79 Å². The number of carbonyl (C=O) groups is 1. The number of hydrogen-bond donors (Lipinski definition) is 1. The molecule has 1 saturated heterocycles. The number of methoxy groups -OCH3 is 2. The van der Waals surface area contributed by atoms with E-state index >= 15 is 0 Å². The number of nitrogens with two attached hydrogens (primary N) is 1.